The van der Waals surface area contributed by atoms with Crippen molar-refractivity contribution in [2.24, 2.45) is 0 Å². The highest BCUT2D eigenvalue weighted by Gasteiger charge is 2.32. The van der Waals surface area contributed by atoms with E-state index >= 15 is 0 Å². The van der Waals surface area contributed by atoms with E-state index in [1.165, 1.54) is 4.90 Å². The molecule has 2 aromatic carbocycles. The minimum atomic E-state index is -3.73. The lowest BCUT2D eigenvalue weighted by atomic mass is 10.1. The Morgan fingerprint density at radius 2 is 1.68 bits per heavy atom. The summed E-state index contributed by atoms with van der Waals surface area (Å²) >= 11 is 6.02. The summed E-state index contributed by atoms with van der Waals surface area (Å²) in [5.74, 6) is -0.653. The number of amides is 2. The molecule has 2 aromatic rings. The average molecular weight is 506 g/mol. The Morgan fingerprint density at radius 1 is 1.06 bits per heavy atom. The van der Waals surface area contributed by atoms with E-state index in [9.17, 15) is 18.0 Å². The molecule has 1 N–H and O–H groups in total. The molecule has 3 rings (SSSR count). The van der Waals surface area contributed by atoms with E-state index < -0.39 is 28.5 Å². The van der Waals surface area contributed by atoms with Gasteiger partial charge in [0, 0.05) is 17.6 Å². The molecule has 1 unspecified atom stereocenters. The number of benzene rings is 2. The molecule has 0 saturated heterocycles. The van der Waals surface area contributed by atoms with E-state index in [1.54, 1.807) is 54.6 Å². The molecule has 0 bridgehead atoms. The van der Waals surface area contributed by atoms with Crippen LogP contribution < -0.4 is 9.62 Å². The van der Waals surface area contributed by atoms with Crippen molar-refractivity contribution in [1.82, 2.24) is 10.2 Å². The van der Waals surface area contributed by atoms with Gasteiger partial charge in [-0.25, -0.2) is 8.42 Å². The molecule has 2 amide bonds. The van der Waals surface area contributed by atoms with Crippen molar-refractivity contribution in [3.63, 3.8) is 0 Å². The summed E-state index contributed by atoms with van der Waals surface area (Å²) in [6.45, 7) is 1.62. The SMILES string of the molecule is CCC(C(=O)NC1CCCC1)N(Cc1ccc(Cl)cc1)C(=O)CN(c1ccccc1)S(C)(=O)=O. The fourth-order valence-corrected chi connectivity index (χ4v) is 5.26. The van der Waals surface area contributed by atoms with Gasteiger partial charge < -0.3 is 10.2 Å². The molecule has 0 aliphatic heterocycles. The van der Waals surface area contributed by atoms with Crippen LogP contribution in [0.2, 0.25) is 5.02 Å². The third kappa shape index (κ3) is 6.96. The lowest BCUT2D eigenvalue weighted by Gasteiger charge is -2.33. The zero-order valence-electron chi connectivity index (χ0n) is 19.6. The Labute approximate surface area is 207 Å². The first-order valence-electron chi connectivity index (χ1n) is 11.6. The molecule has 1 saturated carbocycles. The number of nitrogens with one attached hydrogen (secondary N) is 1. The van der Waals surface area contributed by atoms with Gasteiger partial charge in [-0.3, -0.25) is 13.9 Å². The van der Waals surface area contributed by atoms with Gasteiger partial charge in [-0.05, 0) is 49.1 Å². The Morgan fingerprint density at radius 3 is 2.24 bits per heavy atom. The summed E-state index contributed by atoms with van der Waals surface area (Å²) in [6.07, 6.45) is 5.50. The number of halogens is 1. The number of hydrogen-bond acceptors (Lipinski definition) is 4. The van der Waals surface area contributed by atoms with E-state index in [4.69, 9.17) is 11.6 Å². The van der Waals surface area contributed by atoms with E-state index in [0.717, 1.165) is 41.8 Å². The van der Waals surface area contributed by atoms with Gasteiger partial charge in [-0.15, -0.1) is 0 Å². The van der Waals surface area contributed by atoms with E-state index in [1.807, 2.05) is 6.92 Å². The Bertz CT molecular complexity index is 1070. The molecule has 7 nitrogen and oxygen atoms in total. The first-order valence-corrected chi connectivity index (χ1v) is 13.8. The van der Waals surface area contributed by atoms with Crippen LogP contribution in [-0.2, 0) is 26.2 Å². The summed E-state index contributed by atoms with van der Waals surface area (Å²) in [7, 11) is -3.73. The molecule has 184 valence electrons. The monoisotopic (exact) mass is 505 g/mol. The van der Waals surface area contributed by atoms with Crippen molar-refractivity contribution in [1.29, 1.82) is 0 Å². The number of nitrogens with zero attached hydrogens (tertiary/aromatic N) is 2. The fraction of sp³-hybridized carbons (Fsp3) is 0.440. The zero-order valence-corrected chi connectivity index (χ0v) is 21.2. The minimum Gasteiger partial charge on any atom is -0.352 e. The maximum Gasteiger partial charge on any atom is 0.244 e. The summed E-state index contributed by atoms with van der Waals surface area (Å²) in [5.41, 5.74) is 1.20. The Kier molecular flexibility index (Phi) is 8.97. The van der Waals surface area contributed by atoms with Gasteiger partial charge in [0.1, 0.15) is 12.6 Å². The maximum atomic E-state index is 13.6. The predicted octanol–water partition coefficient (Wildman–Crippen LogP) is 3.97. The second kappa shape index (κ2) is 11.7. The number of anilines is 1. The van der Waals surface area contributed by atoms with Crippen LogP contribution >= 0.6 is 11.6 Å². The molecule has 1 atom stereocenters. The van der Waals surface area contributed by atoms with Gasteiger partial charge in [0.05, 0.1) is 11.9 Å². The Hall–Kier alpha value is -2.58. The van der Waals surface area contributed by atoms with Crippen LogP contribution in [0.5, 0.6) is 0 Å². The molecule has 9 heteroatoms. The summed E-state index contributed by atoms with van der Waals surface area (Å²) in [4.78, 5) is 28.3. The van der Waals surface area contributed by atoms with Crippen LogP contribution in [0.4, 0.5) is 5.69 Å². The third-order valence-corrected chi connectivity index (χ3v) is 7.47. The molecule has 0 spiro atoms. The van der Waals surface area contributed by atoms with Crippen molar-refractivity contribution in [2.75, 3.05) is 17.1 Å². The average Bonchev–Trinajstić information content (AvgIpc) is 3.31. The lowest BCUT2D eigenvalue weighted by Crippen LogP contribution is -2.53. The number of sulfonamides is 1. The summed E-state index contributed by atoms with van der Waals surface area (Å²) < 4.78 is 26.2. The van der Waals surface area contributed by atoms with E-state index in [-0.39, 0.29) is 18.5 Å². The molecule has 1 aliphatic rings. The van der Waals surface area contributed by atoms with Crippen LogP contribution in [0.15, 0.2) is 54.6 Å². The molecule has 34 heavy (non-hydrogen) atoms. The number of carbonyl (C=O) groups excluding carboxylic acids is 2. The van der Waals surface area contributed by atoms with Crippen molar-refractivity contribution in [3.05, 3.63) is 65.2 Å². The number of para-hydroxylation sites is 1. The van der Waals surface area contributed by atoms with Gasteiger partial charge in [0.2, 0.25) is 21.8 Å². The highest BCUT2D eigenvalue weighted by atomic mass is 35.5. The van der Waals surface area contributed by atoms with Gasteiger partial charge in [-0.2, -0.15) is 0 Å². The van der Waals surface area contributed by atoms with Crippen LogP contribution in [0.1, 0.15) is 44.6 Å². The van der Waals surface area contributed by atoms with Crippen molar-refractivity contribution >= 4 is 39.1 Å². The highest BCUT2D eigenvalue weighted by Crippen LogP contribution is 2.21. The van der Waals surface area contributed by atoms with E-state index in [2.05, 4.69) is 5.32 Å². The van der Waals surface area contributed by atoms with Crippen LogP contribution in [0.25, 0.3) is 0 Å². The van der Waals surface area contributed by atoms with E-state index in [0.29, 0.717) is 17.1 Å². The maximum absolute atomic E-state index is 13.6. The van der Waals surface area contributed by atoms with Crippen molar-refractivity contribution in [2.45, 2.75) is 57.7 Å². The molecule has 0 heterocycles. The van der Waals surface area contributed by atoms with Crippen LogP contribution in [0, 0.1) is 0 Å². The van der Waals surface area contributed by atoms with Crippen molar-refractivity contribution in [3.8, 4) is 0 Å². The molecule has 1 fully saturated rings. The molecular formula is C25H32ClN3O4S. The van der Waals surface area contributed by atoms with Gasteiger partial charge in [0.25, 0.3) is 0 Å². The highest BCUT2D eigenvalue weighted by molar-refractivity contribution is 7.92. The number of carbonyl (C=O) groups is 2. The topological polar surface area (TPSA) is 86.8 Å². The molecular weight excluding hydrogens is 474 g/mol. The first-order chi connectivity index (χ1) is 16.2. The third-order valence-electron chi connectivity index (χ3n) is 6.08. The molecule has 0 radical (unpaired) electrons. The molecule has 1 aliphatic carbocycles. The van der Waals surface area contributed by atoms with Crippen LogP contribution in [0.3, 0.4) is 0 Å². The first kappa shape index (κ1) is 26.0. The fourth-order valence-electron chi connectivity index (χ4n) is 4.28. The Balaban J connectivity index is 1.89. The van der Waals surface area contributed by atoms with Crippen LogP contribution in [-0.4, -0.2) is 50.0 Å². The summed E-state index contributed by atoms with van der Waals surface area (Å²) in [6, 6.07) is 14.9. The predicted molar refractivity (Wildman–Crippen MR) is 135 cm³/mol. The normalized spacial score (nSPS) is 15.0. The van der Waals surface area contributed by atoms with Crippen molar-refractivity contribution < 1.29 is 18.0 Å². The second-order valence-electron chi connectivity index (χ2n) is 8.67. The largest absolute Gasteiger partial charge is 0.352 e. The number of hydrogen-bond donors (Lipinski definition) is 1. The number of rotatable bonds is 10. The van der Waals surface area contributed by atoms with Gasteiger partial charge >= 0.3 is 0 Å². The molecule has 0 aromatic heterocycles. The minimum absolute atomic E-state index is 0.117. The smallest absolute Gasteiger partial charge is 0.244 e. The van der Waals surface area contributed by atoms with Gasteiger partial charge in [0.15, 0.2) is 0 Å². The quantitative estimate of drug-likeness (QED) is 0.529. The second-order valence-corrected chi connectivity index (χ2v) is 11.0. The zero-order chi connectivity index (χ0) is 24.7. The standard InChI is InChI=1S/C25H32ClN3O4S/c1-3-23(25(31)27-21-9-7-8-10-21)28(17-19-13-15-20(26)16-14-19)24(30)18-29(34(2,32)33)22-11-5-4-6-12-22/h4-6,11-16,21,23H,3,7-10,17-18H2,1-2H3,(H,27,31). The summed E-state index contributed by atoms with van der Waals surface area (Å²) in [5, 5.41) is 3.66. The van der Waals surface area contributed by atoms with Gasteiger partial charge in [-0.1, -0.05) is 61.7 Å². The lowest BCUT2D eigenvalue weighted by molar-refractivity contribution is -0.140.